The van der Waals surface area contributed by atoms with Crippen molar-refractivity contribution in [1.82, 2.24) is 0 Å². The van der Waals surface area contributed by atoms with Crippen LogP contribution in [0.3, 0.4) is 0 Å². The number of carbonyl (C=O) groups excluding carboxylic acids is 1. The number of ether oxygens (including phenoxy) is 1. The molecule has 1 aromatic rings. The van der Waals surface area contributed by atoms with E-state index in [0.717, 1.165) is 0 Å². The number of halogens is 2. The van der Waals surface area contributed by atoms with Gasteiger partial charge in [0.05, 0.1) is 16.4 Å². The third-order valence-electron chi connectivity index (χ3n) is 2.25. The first kappa shape index (κ1) is 15.1. The van der Waals surface area contributed by atoms with Crippen molar-refractivity contribution in [1.29, 1.82) is 0 Å². The summed E-state index contributed by atoms with van der Waals surface area (Å²) in [6.45, 7) is 3.12. The maximum Gasteiger partial charge on any atom is 0.224 e. The molecule has 0 aliphatic carbocycles. The molecule has 0 aliphatic rings. The minimum absolute atomic E-state index is 0.148. The Labute approximate surface area is 116 Å². The summed E-state index contributed by atoms with van der Waals surface area (Å²) in [5.41, 5.74) is 6.50. The molecule has 0 heterocycles. The molecule has 100 valence electrons. The van der Waals surface area contributed by atoms with E-state index in [1.54, 1.807) is 6.07 Å². The van der Waals surface area contributed by atoms with Crippen molar-refractivity contribution in [3.63, 3.8) is 0 Å². The third kappa shape index (κ3) is 4.72. The Morgan fingerprint density at radius 2 is 2.17 bits per heavy atom. The summed E-state index contributed by atoms with van der Waals surface area (Å²) < 4.78 is 5.15. The Hall–Kier alpha value is -0.970. The van der Waals surface area contributed by atoms with Gasteiger partial charge < -0.3 is 15.8 Å². The number of nitrogens with one attached hydrogen (secondary N) is 1. The zero-order valence-corrected chi connectivity index (χ0v) is 11.6. The number of amides is 1. The summed E-state index contributed by atoms with van der Waals surface area (Å²) in [4.78, 5) is 11.7. The van der Waals surface area contributed by atoms with Crippen LogP contribution in [0.15, 0.2) is 12.1 Å². The van der Waals surface area contributed by atoms with Crippen LogP contribution in [0.5, 0.6) is 0 Å². The molecule has 0 aliphatic heterocycles. The highest BCUT2D eigenvalue weighted by Gasteiger charge is 2.10. The number of rotatable bonds is 6. The van der Waals surface area contributed by atoms with Crippen molar-refractivity contribution in [2.75, 3.05) is 24.3 Å². The standard InChI is InChI=1S/C12H16Cl2N2O2/c1-2-18-5-3-4-11(17)16-12-9(14)6-8(13)7-10(12)15/h6-7H,2-5,15H2,1H3,(H,16,17). The van der Waals surface area contributed by atoms with Crippen LogP contribution < -0.4 is 11.1 Å². The molecule has 0 saturated carbocycles. The number of anilines is 2. The highest BCUT2D eigenvalue weighted by atomic mass is 35.5. The molecule has 6 heteroatoms. The largest absolute Gasteiger partial charge is 0.397 e. The van der Waals surface area contributed by atoms with Crippen molar-refractivity contribution in [3.05, 3.63) is 22.2 Å². The summed E-state index contributed by atoms with van der Waals surface area (Å²) in [5.74, 6) is -0.148. The van der Waals surface area contributed by atoms with Crippen molar-refractivity contribution in [3.8, 4) is 0 Å². The number of carbonyl (C=O) groups is 1. The van der Waals surface area contributed by atoms with Crippen LogP contribution in [0.1, 0.15) is 19.8 Å². The molecule has 1 amide bonds. The van der Waals surface area contributed by atoms with E-state index in [9.17, 15) is 4.79 Å². The van der Waals surface area contributed by atoms with Gasteiger partial charge in [-0.25, -0.2) is 0 Å². The van der Waals surface area contributed by atoms with E-state index in [-0.39, 0.29) is 5.91 Å². The average molecular weight is 291 g/mol. The van der Waals surface area contributed by atoms with Gasteiger partial charge in [0.2, 0.25) is 5.91 Å². The van der Waals surface area contributed by atoms with E-state index in [1.807, 2.05) is 6.92 Å². The van der Waals surface area contributed by atoms with Gasteiger partial charge in [0.15, 0.2) is 0 Å². The molecule has 0 unspecified atom stereocenters. The van der Waals surface area contributed by atoms with Gasteiger partial charge >= 0.3 is 0 Å². The van der Waals surface area contributed by atoms with Gasteiger partial charge in [-0.2, -0.15) is 0 Å². The lowest BCUT2D eigenvalue weighted by Crippen LogP contribution is -2.14. The van der Waals surface area contributed by atoms with E-state index in [1.165, 1.54) is 6.07 Å². The van der Waals surface area contributed by atoms with Gasteiger partial charge in [-0.3, -0.25) is 4.79 Å². The van der Waals surface area contributed by atoms with E-state index in [2.05, 4.69) is 5.32 Å². The van der Waals surface area contributed by atoms with E-state index in [0.29, 0.717) is 47.5 Å². The summed E-state index contributed by atoms with van der Waals surface area (Å²) in [6.07, 6.45) is 1.02. The summed E-state index contributed by atoms with van der Waals surface area (Å²) in [6, 6.07) is 3.08. The number of hydrogen-bond acceptors (Lipinski definition) is 3. The predicted octanol–water partition coefficient (Wildman–Crippen LogP) is 3.33. The number of nitrogens with two attached hydrogens (primary N) is 1. The molecule has 1 rings (SSSR count). The van der Waals surface area contributed by atoms with Crippen LogP contribution in [0.2, 0.25) is 10.0 Å². The second-order valence-electron chi connectivity index (χ2n) is 3.70. The predicted molar refractivity (Wildman–Crippen MR) is 75.2 cm³/mol. The monoisotopic (exact) mass is 290 g/mol. The zero-order valence-electron chi connectivity index (χ0n) is 10.1. The zero-order chi connectivity index (χ0) is 13.5. The number of hydrogen-bond donors (Lipinski definition) is 2. The highest BCUT2D eigenvalue weighted by molar-refractivity contribution is 6.37. The molecule has 3 N–H and O–H groups in total. The quantitative estimate of drug-likeness (QED) is 0.624. The molecule has 0 atom stereocenters. The van der Waals surface area contributed by atoms with Crippen LogP contribution >= 0.6 is 23.2 Å². The molecular weight excluding hydrogens is 275 g/mol. The van der Waals surface area contributed by atoms with Gasteiger partial charge in [0, 0.05) is 24.7 Å². The third-order valence-corrected chi connectivity index (χ3v) is 2.76. The fraction of sp³-hybridized carbons (Fsp3) is 0.417. The first-order valence-electron chi connectivity index (χ1n) is 5.66. The van der Waals surface area contributed by atoms with Crippen LogP contribution in [-0.2, 0) is 9.53 Å². The Morgan fingerprint density at radius 3 is 2.78 bits per heavy atom. The Bertz CT molecular complexity index is 402. The first-order chi connectivity index (χ1) is 8.54. The average Bonchev–Trinajstić information content (AvgIpc) is 2.29. The normalized spacial score (nSPS) is 10.4. The van der Waals surface area contributed by atoms with Gasteiger partial charge in [0.1, 0.15) is 0 Å². The topological polar surface area (TPSA) is 64.3 Å². The lowest BCUT2D eigenvalue weighted by molar-refractivity contribution is -0.116. The summed E-state index contributed by atoms with van der Waals surface area (Å²) >= 11 is 11.7. The van der Waals surface area contributed by atoms with Crippen LogP contribution in [-0.4, -0.2) is 19.1 Å². The van der Waals surface area contributed by atoms with Crippen LogP contribution in [0.4, 0.5) is 11.4 Å². The molecule has 18 heavy (non-hydrogen) atoms. The molecule has 0 saturated heterocycles. The lowest BCUT2D eigenvalue weighted by Gasteiger charge is -2.10. The maximum atomic E-state index is 11.7. The van der Waals surface area contributed by atoms with Crippen LogP contribution in [0, 0.1) is 0 Å². The SMILES string of the molecule is CCOCCCC(=O)Nc1c(N)cc(Cl)cc1Cl. The molecule has 0 bridgehead atoms. The second kappa shape index (κ2) is 7.46. The maximum absolute atomic E-state index is 11.7. The van der Waals surface area contributed by atoms with Crippen molar-refractivity contribution < 1.29 is 9.53 Å². The molecule has 4 nitrogen and oxygen atoms in total. The molecule has 0 radical (unpaired) electrons. The smallest absolute Gasteiger partial charge is 0.224 e. The van der Waals surface area contributed by atoms with Gasteiger partial charge in [0.25, 0.3) is 0 Å². The highest BCUT2D eigenvalue weighted by Crippen LogP contribution is 2.32. The van der Waals surface area contributed by atoms with Crippen molar-refractivity contribution >= 4 is 40.5 Å². The Morgan fingerprint density at radius 1 is 1.44 bits per heavy atom. The fourth-order valence-corrected chi connectivity index (χ4v) is 1.96. The second-order valence-corrected chi connectivity index (χ2v) is 4.54. The van der Waals surface area contributed by atoms with E-state index in [4.69, 9.17) is 33.7 Å². The summed E-state index contributed by atoms with van der Waals surface area (Å²) in [5, 5.41) is 3.44. The fourth-order valence-electron chi connectivity index (χ4n) is 1.41. The number of nitrogen functional groups attached to an aromatic ring is 1. The minimum Gasteiger partial charge on any atom is -0.397 e. The molecule has 1 aromatic carbocycles. The molecular formula is C12H16Cl2N2O2. The molecule has 0 aromatic heterocycles. The van der Waals surface area contributed by atoms with E-state index >= 15 is 0 Å². The summed E-state index contributed by atoms with van der Waals surface area (Å²) in [7, 11) is 0. The first-order valence-corrected chi connectivity index (χ1v) is 6.42. The van der Waals surface area contributed by atoms with Crippen molar-refractivity contribution in [2.24, 2.45) is 0 Å². The van der Waals surface area contributed by atoms with Crippen molar-refractivity contribution in [2.45, 2.75) is 19.8 Å². The lowest BCUT2D eigenvalue weighted by atomic mass is 10.2. The Kier molecular flexibility index (Phi) is 6.25. The van der Waals surface area contributed by atoms with Crippen LogP contribution in [0.25, 0.3) is 0 Å². The number of benzene rings is 1. The van der Waals surface area contributed by atoms with Gasteiger partial charge in [-0.05, 0) is 25.5 Å². The Balaban J connectivity index is 2.54. The minimum atomic E-state index is -0.148. The van der Waals surface area contributed by atoms with Gasteiger partial charge in [-0.1, -0.05) is 23.2 Å². The van der Waals surface area contributed by atoms with E-state index < -0.39 is 0 Å². The molecule has 0 fully saturated rings. The molecule has 0 spiro atoms. The van der Waals surface area contributed by atoms with Gasteiger partial charge in [-0.15, -0.1) is 0 Å².